The van der Waals surface area contributed by atoms with Gasteiger partial charge in [-0.1, -0.05) is 18.2 Å². The molecule has 0 aromatic heterocycles. The van der Waals surface area contributed by atoms with Crippen LogP contribution in [0.2, 0.25) is 0 Å². The van der Waals surface area contributed by atoms with Crippen LogP contribution in [0.25, 0.3) is 0 Å². The lowest BCUT2D eigenvalue weighted by atomic mass is 9.77. The summed E-state index contributed by atoms with van der Waals surface area (Å²) in [7, 11) is 1.69. The first kappa shape index (κ1) is 20.5. The summed E-state index contributed by atoms with van der Waals surface area (Å²) in [4.78, 5) is 11.9. The Morgan fingerprint density at radius 3 is 2.61 bits per heavy atom. The standard InChI is InChI=1S/C22H26N2O3.ClH/c1-14-21(13-27-18-8-5-16-12-24-22(25)20(16)11-18)19(9-10-23-14)15-3-6-17(26-2)7-4-15;/h3-8,11,14,19,21,23H,9-10,12-13H2,1-2H3,(H,24,25);1H/t14-,19+,21-;/m1./s1. The molecule has 5 nitrogen and oxygen atoms in total. The molecule has 1 saturated heterocycles. The number of ether oxygens (including phenoxy) is 2. The van der Waals surface area contributed by atoms with E-state index in [0.717, 1.165) is 35.6 Å². The number of hydrogen-bond donors (Lipinski definition) is 2. The van der Waals surface area contributed by atoms with Crippen LogP contribution in [-0.4, -0.2) is 32.2 Å². The minimum Gasteiger partial charge on any atom is -0.497 e. The zero-order valence-corrected chi connectivity index (χ0v) is 17.1. The largest absolute Gasteiger partial charge is 0.497 e. The van der Waals surface area contributed by atoms with Crippen LogP contribution in [-0.2, 0) is 6.54 Å². The van der Waals surface area contributed by atoms with Crippen LogP contribution in [0, 0.1) is 5.92 Å². The molecule has 6 heteroatoms. The molecule has 0 bridgehead atoms. The van der Waals surface area contributed by atoms with Crippen molar-refractivity contribution in [3.05, 3.63) is 59.2 Å². The molecule has 4 rings (SSSR count). The zero-order valence-electron chi connectivity index (χ0n) is 16.2. The van der Waals surface area contributed by atoms with Crippen LogP contribution >= 0.6 is 12.4 Å². The molecule has 2 aromatic rings. The summed E-state index contributed by atoms with van der Waals surface area (Å²) < 4.78 is 11.4. The maximum atomic E-state index is 11.9. The van der Waals surface area contributed by atoms with Crippen molar-refractivity contribution in [1.82, 2.24) is 10.6 Å². The summed E-state index contributed by atoms with van der Waals surface area (Å²) in [5.74, 6) is 2.42. The lowest BCUT2D eigenvalue weighted by Crippen LogP contribution is -2.45. The molecule has 0 spiro atoms. The number of rotatable bonds is 5. The van der Waals surface area contributed by atoms with Gasteiger partial charge in [-0.25, -0.2) is 0 Å². The summed E-state index contributed by atoms with van der Waals surface area (Å²) in [6, 6.07) is 14.5. The Balaban J connectivity index is 0.00000225. The number of hydrogen-bond acceptors (Lipinski definition) is 4. The monoisotopic (exact) mass is 402 g/mol. The molecule has 2 aliphatic heterocycles. The van der Waals surface area contributed by atoms with E-state index in [1.165, 1.54) is 5.56 Å². The Labute approximate surface area is 172 Å². The van der Waals surface area contributed by atoms with E-state index < -0.39 is 0 Å². The van der Waals surface area contributed by atoms with Gasteiger partial charge in [0.25, 0.3) is 5.91 Å². The van der Waals surface area contributed by atoms with Gasteiger partial charge in [0, 0.05) is 24.1 Å². The van der Waals surface area contributed by atoms with Gasteiger partial charge in [-0.2, -0.15) is 0 Å². The van der Waals surface area contributed by atoms with Crippen LogP contribution in [0.3, 0.4) is 0 Å². The first-order valence-electron chi connectivity index (χ1n) is 9.57. The topological polar surface area (TPSA) is 59.6 Å². The molecule has 2 heterocycles. The van der Waals surface area contributed by atoms with Gasteiger partial charge < -0.3 is 20.1 Å². The van der Waals surface area contributed by atoms with E-state index >= 15 is 0 Å². The van der Waals surface area contributed by atoms with E-state index in [2.05, 4.69) is 29.7 Å². The number of piperidine rings is 1. The molecule has 2 aromatic carbocycles. The van der Waals surface area contributed by atoms with Crippen LogP contribution in [0.5, 0.6) is 11.5 Å². The van der Waals surface area contributed by atoms with Crippen molar-refractivity contribution >= 4 is 18.3 Å². The number of methoxy groups -OCH3 is 1. The second kappa shape index (κ2) is 8.84. The van der Waals surface area contributed by atoms with Crippen molar-refractivity contribution in [2.24, 2.45) is 5.92 Å². The smallest absolute Gasteiger partial charge is 0.252 e. The molecule has 28 heavy (non-hydrogen) atoms. The third kappa shape index (κ3) is 4.10. The molecule has 1 fully saturated rings. The van der Waals surface area contributed by atoms with Gasteiger partial charge >= 0.3 is 0 Å². The first-order chi connectivity index (χ1) is 13.2. The Morgan fingerprint density at radius 1 is 1.11 bits per heavy atom. The Morgan fingerprint density at radius 2 is 1.86 bits per heavy atom. The molecule has 0 unspecified atom stereocenters. The van der Waals surface area contributed by atoms with E-state index in [9.17, 15) is 4.79 Å². The van der Waals surface area contributed by atoms with E-state index in [1.807, 2.05) is 30.3 Å². The van der Waals surface area contributed by atoms with Gasteiger partial charge in [0.2, 0.25) is 0 Å². The summed E-state index contributed by atoms with van der Waals surface area (Å²) in [5, 5.41) is 6.42. The summed E-state index contributed by atoms with van der Waals surface area (Å²) >= 11 is 0. The van der Waals surface area contributed by atoms with Crippen molar-refractivity contribution in [3.8, 4) is 11.5 Å². The average molecular weight is 403 g/mol. The fourth-order valence-electron chi connectivity index (χ4n) is 4.18. The number of fused-ring (bicyclic) bond motifs is 1. The highest BCUT2D eigenvalue weighted by Crippen LogP contribution is 2.35. The van der Waals surface area contributed by atoms with Crippen molar-refractivity contribution in [3.63, 3.8) is 0 Å². The fraction of sp³-hybridized carbons (Fsp3) is 0.409. The lowest BCUT2D eigenvalue weighted by molar-refractivity contribution is 0.0965. The number of amides is 1. The normalized spacial score (nSPS) is 23.4. The first-order valence-corrected chi connectivity index (χ1v) is 9.57. The predicted octanol–water partition coefficient (Wildman–Crippen LogP) is 3.52. The quantitative estimate of drug-likeness (QED) is 0.803. The van der Waals surface area contributed by atoms with E-state index in [-0.39, 0.29) is 18.3 Å². The summed E-state index contributed by atoms with van der Waals surface area (Å²) in [6.45, 7) is 4.45. The third-order valence-corrected chi connectivity index (χ3v) is 5.83. The van der Waals surface area contributed by atoms with Crippen LogP contribution < -0.4 is 20.1 Å². The predicted molar refractivity (Wildman–Crippen MR) is 112 cm³/mol. The Bertz CT molecular complexity index is 825. The highest BCUT2D eigenvalue weighted by Gasteiger charge is 2.32. The van der Waals surface area contributed by atoms with Crippen molar-refractivity contribution in [2.75, 3.05) is 20.3 Å². The van der Waals surface area contributed by atoms with Gasteiger partial charge in [-0.05, 0) is 61.2 Å². The summed E-state index contributed by atoms with van der Waals surface area (Å²) in [5.41, 5.74) is 3.09. The van der Waals surface area contributed by atoms with Crippen molar-refractivity contribution in [2.45, 2.75) is 31.8 Å². The van der Waals surface area contributed by atoms with E-state index in [0.29, 0.717) is 31.0 Å². The Hall–Kier alpha value is -2.24. The number of carbonyl (C=O) groups excluding carboxylic acids is 1. The van der Waals surface area contributed by atoms with Gasteiger partial charge in [-0.3, -0.25) is 4.79 Å². The highest BCUT2D eigenvalue weighted by atomic mass is 35.5. The SMILES string of the molecule is COc1ccc([C@@H]2CCN[C@H](C)[C@H]2COc2ccc3c(c2)C(=O)NC3)cc1.Cl. The van der Waals surface area contributed by atoms with Gasteiger partial charge in [0.15, 0.2) is 0 Å². The maximum absolute atomic E-state index is 11.9. The number of nitrogens with one attached hydrogen (secondary N) is 2. The molecule has 0 saturated carbocycles. The number of carbonyl (C=O) groups is 1. The zero-order chi connectivity index (χ0) is 18.8. The minimum atomic E-state index is -0.0146. The van der Waals surface area contributed by atoms with Gasteiger partial charge in [0.05, 0.1) is 13.7 Å². The van der Waals surface area contributed by atoms with E-state index in [1.54, 1.807) is 7.11 Å². The van der Waals surface area contributed by atoms with Crippen LogP contribution in [0.15, 0.2) is 42.5 Å². The van der Waals surface area contributed by atoms with Crippen molar-refractivity contribution in [1.29, 1.82) is 0 Å². The molecular formula is C22H27ClN2O3. The van der Waals surface area contributed by atoms with Crippen molar-refractivity contribution < 1.29 is 14.3 Å². The van der Waals surface area contributed by atoms with Crippen LogP contribution in [0.4, 0.5) is 0 Å². The maximum Gasteiger partial charge on any atom is 0.252 e. The second-order valence-electron chi connectivity index (χ2n) is 7.39. The van der Waals surface area contributed by atoms with Crippen LogP contribution in [0.1, 0.15) is 40.7 Å². The van der Waals surface area contributed by atoms with Gasteiger partial charge in [0.1, 0.15) is 11.5 Å². The fourth-order valence-corrected chi connectivity index (χ4v) is 4.18. The molecule has 0 aliphatic carbocycles. The molecule has 150 valence electrons. The molecular weight excluding hydrogens is 376 g/mol. The molecule has 3 atom stereocenters. The number of benzene rings is 2. The lowest BCUT2D eigenvalue weighted by Gasteiger charge is -2.37. The molecule has 2 aliphatic rings. The average Bonchev–Trinajstić information content (AvgIpc) is 3.07. The second-order valence-corrected chi connectivity index (χ2v) is 7.39. The highest BCUT2D eigenvalue weighted by molar-refractivity contribution is 5.98. The minimum absolute atomic E-state index is 0. The van der Waals surface area contributed by atoms with Gasteiger partial charge in [-0.15, -0.1) is 12.4 Å². The Kier molecular flexibility index (Phi) is 6.47. The number of halogens is 1. The molecule has 2 N–H and O–H groups in total. The summed E-state index contributed by atoms with van der Waals surface area (Å²) in [6.07, 6.45) is 1.08. The molecule has 0 radical (unpaired) electrons. The molecule has 1 amide bonds. The third-order valence-electron chi connectivity index (χ3n) is 5.83. The van der Waals surface area contributed by atoms with E-state index in [4.69, 9.17) is 9.47 Å².